The number of benzene rings is 1. The lowest BCUT2D eigenvalue weighted by atomic mass is 9.63. The van der Waals surface area contributed by atoms with E-state index in [1.165, 1.54) is 29.5 Å². The molecular weight excluding hydrogens is 314 g/mol. The molecule has 0 spiro atoms. The van der Waals surface area contributed by atoms with Crippen LogP contribution in [-0.2, 0) is 10.8 Å². The van der Waals surface area contributed by atoms with E-state index in [9.17, 15) is 0 Å². The molecular formula is C22H28ClN. The Labute approximate surface area is 151 Å². The van der Waals surface area contributed by atoms with Gasteiger partial charge in [0.25, 0.3) is 0 Å². The molecule has 1 aromatic rings. The van der Waals surface area contributed by atoms with Crippen molar-refractivity contribution >= 4 is 17.3 Å². The van der Waals surface area contributed by atoms with Gasteiger partial charge in [-0.25, -0.2) is 0 Å². The lowest BCUT2D eigenvalue weighted by Crippen LogP contribution is -2.33. The summed E-state index contributed by atoms with van der Waals surface area (Å²) in [5.41, 5.74) is 6.49. The number of rotatable bonds is 2. The topological polar surface area (TPSA) is 12.4 Å². The molecule has 3 rings (SSSR count). The fourth-order valence-corrected chi connectivity index (χ4v) is 3.96. The minimum atomic E-state index is -0.317. The van der Waals surface area contributed by atoms with Crippen LogP contribution in [0, 0.1) is 0 Å². The fourth-order valence-electron chi connectivity index (χ4n) is 3.70. The van der Waals surface area contributed by atoms with E-state index in [0.29, 0.717) is 0 Å². The van der Waals surface area contributed by atoms with Crippen molar-refractivity contribution < 1.29 is 0 Å². The summed E-state index contributed by atoms with van der Waals surface area (Å²) < 4.78 is 0. The maximum Gasteiger partial charge on any atom is 0.149 e. The van der Waals surface area contributed by atoms with E-state index in [0.717, 1.165) is 17.7 Å². The number of allylic oxidation sites excluding steroid dienone is 4. The lowest BCUT2D eigenvalue weighted by Gasteiger charge is -2.42. The van der Waals surface area contributed by atoms with Gasteiger partial charge in [0.2, 0.25) is 0 Å². The van der Waals surface area contributed by atoms with E-state index in [-0.39, 0.29) is 16.3 Å². The second-order valence-electron chi connectivity index (χ2n) is 8.51. The van der Waals surface area contributed by atoms with Crippen molar-refractivity contribution in [3.8, 4) is 0 Å². The van der Waals surface area contributed by atoms with Crippen molar-refractivity contribution in [2.24, 2.45) is 4.99 Å². The van der Waals surface area contributed by atoms with Gasteiger partial charge < -0.3 is 0 Å². The average Bonchev–Trinajstić information content (AvgIpc) is 2.54. The third kappa shape index (κ3) is 3.37. The monoisotopic (exact) mass is 341 g/mol. The first-order valence-corrected chi connectivity index (χ1v) is 9.33. The number of fused-ring (bicyclic) bond motifs is 1. The van der Waals surface area contributed by atoms with Crippen LogP contribution in [0.4, 0.5) is 0 Å². The predicted octanol–water partition coefficient (Wildman–Crippen LogP) is 6.62. The summed E-state index contributed by atoms with van der Waals surface area (Å²) >= 11 is 6.64. The average molecular weight is 342 g/mol. The van der Waals surface area contributed by atoms with Crippen LogP contribution in [0.5, 0.6) is 0 Å². The lowest BCUT2D eigenvalue weighted by molar-refractivity contribution is 0.331. The smallest absolute Gasteiger partial charge is 0.149 e. The van der Waals surface area contributed by atoms with Crippen LogP contribution < -0.4 is 0 Å². The van der Waals surface area contributed by atoms with Gasteiger partial charge in [-0.15, -0.1) is 0 Å². The molecule has 0 saturated heterocycles. The first kappa shape index (κ1) is 17.5. The quantitative estimate of drug-likeness (QED) is 0.423. The van der Waals surface area contributed by atoms with E-state index >= 15 is 0 Å². The normalized spacial score (nSPS) is 24.4. The molecule has 0 aromatic heterocycles. The van der Waals surface area contributed by atoms with Gasteiger partial charge in [0.15, 0.2) is 0 Å². The largest absolute Gasteiger partial charge is 0.265 e. The molecule has 24 heavy (non-hydrogen) atoms. The van der Waals surface area contributed by atoms with Crippen LogP contribution in [0.1, 0.15) is 76.1 Å². The standard InChI is InChI=1S/C22H28ClN/c1-15-6-9-17(10-7-15)24-20(23)16-8-11-18-19(14-16)22(4,5)13-12-21(18,2)3/h6-9,11,14,20H,10,12-13H2,1-5H3. The summed E-state index contributed by atoms with van der Waals surface area (Å²) in [6.07, 6.45) is 9.69. The van der Waals surface area contributed by atoms with Crippen LogP contribution >= 0.6 is 11.6 Å². The van der Waals surface area contributed by atoms with Crippen molar-refractivity contribution in [3.05, 3.63) is 58.7 Å². The molecule has 128 valence electrons. The highest BCUT2D eigenvalue weighted by molar-refractivity contribution is 6.21. The highest BCUT2D eigenvalue weighted by Gasteiger charge is 2.37. The maximum atomic E-state index is 6.64. The van der Waals surface area contributed by atoms with Crippen LogP contribution in [0.2, 0.25) is 0 Å². The second kappa shape index (κ2) is 6.19. The first-order chi connectivity index (χ1) is 11.2. The van der Waals surface area contributed by atoms with Crippen LogP contribution in [0.15, 0.2) is 47.0 Å². The van der Waals surface area contributed by atoms with E-state index in [4.69, 9.17) is 16.6 Å². The second-order valence-corrected chi connectivity index (χ2v) is 8.93. The zero-order chi connectivity index (χ0) is 17.5. The van der Waals surface area contributed by atoms with Crippen molar-refractivity contribution in [2.75, 3.05) is 0 Å². The Kier molecular flexibility index (Phi) is 4.51. The number of hydrogen-bond acceptors (Lipinski definition) is 1. The molecule has 1 atom stereocenters. The minimum Gasteiger partial charge on any atom is -0.265 e. The summed E-state index contributed by atoms with van der Waals surface area (Å²) in [6.45, 7) is 11.5. The fraction of sp³-hybridized carbons (Fsp3) is 0.500. The molecule has 1 unspecified atom stereocenters. The van der Waals surface area contributed by atoms with Gasteiger partial charge in [0.05, 0.1) is 0 Å². The maximum absolute atomic E-state index is 6.64. The summed E-state index contributed by atoms with van der Waals surface area (Å²) in [6, 6.07) is 6.74. The van der Waals surface area contributed by atoms with Gasteiger partial charge in [-0.1, -0.05) is 75.2 Å². The van der Waals surface area contributed by atoms with Crippen molar-refractivity contribution in [1.82, 2.24) is 0 Å². The predicted molar refractivity (Wildman–Crippen MR) is 105 cm³/mol. The Morgan fingerprint density at radius 1 is 1.00 bits per heavy atom. The molecule has 0 aliphatic heterocycles. The molecule has 0 bridgehead atoms. The molecule has 0 heterocycles. The number of alkyl halides is 1. The summed E-state index contributed by atoms with van der Waals surface area (Å²) in [4.78, 5) is 4.72. The van der Waals surface area contributed by atoms with Crippen LogP contribution in [-0.4, -0.2) is 5.71 Å². The molecule has 2 aliphatic rings. The Balaban J connectivity index is 1.94. The molecule has 2 aliphatic carbocycles. The minimum absolute atomic E-state index is 0.204. The Morgan fingerprint density at radius 3 is 2.29 bits per heavy atom. The summed E-state index contributed by atoms with van der Waals surface area (Å²) in [7, 11) is 0. The Bertz CT molecular complexity index is 734. The van der Waals surface area contributed by atoms with Gasteiger partial charge in [0, 0.05) is 12.1 Å². The molecule has 0 saturated carbocycles. The molecule has 0 amide bonds. The van der Waals surface area contributed by atoms with Gasteiger partial charge in [-0.2, -0.15) is 0 Å². The van der Waals surface area contributed by atoms with Gasteiger partial charge in [-0.3, -0.25) is 4.99 Å². The van der Waals surface area contributed by atoms with Gasteiger partial charge >= 0.3 is 0 Å². The Morgan fingerprint density at radius 2 is 1.67 bits per heavy atom. The van der Waals surface area contributed by atoms with E-state index in [1.54, 1.807) is 0 Å². The van der Waals surface area contributed by atoms with Gasteiger partial charge in [0.1, 0.15) is 5.50 Å². The van der Waals surface area contributed by atoms with Gasteiger partial charge in [-0.05, 0) is 53.4 Å². The summed E-state index contributed by atoms with van der Waals surface area (Å²) in [5, 5.41) is 0. The van der Waals surface area contributed by atoms with Crippen LogP contribution in [0.3, 0.4) is 0 Å². The van der Waals surface area contributed by atoms with E-state index < -0.39 is 0 Å². The number of aliphatic imine (C=N–C) groups is 1. The summed E-state index contributed by atoms with van der Waals surface area (Å²) in [5.74, 6) is 0. The molecule has 1 aromatic carbocycles. The number of halogens is 1. The van der Waals surface area contributed by atoms with Crippen molar-refractivity contribution in [1.29, 1.82) is 0 Å². The van der Waals surface area contributed by atoms with E-state index in [2.05, 4.69) is 71.0 Å². The Hall–Kier alpha value is -1.34. The number of nitrogens with zero attached hydrogens (tertiary/aromatic N) is 1. The molecule has 0 radical (unpaired) electrons. The van der Waals surface area contributed by atoms with E-state index in [1.807, 2.05) is 0 Å². The molecule has 2 heteroatoms. The third-order valence-corrected chi connectivity index (χ3v) is 5.95. The molecule has 1 nitrogen and oxygen atoms in total. The van der Waals surface area contributed by atoms with Crippen molar-refractivity contribution in [2.45, 2.75) is 70.2 Å². The molecule has 0 fully saturated rings. The highest BCUT2D eigenvalue weighted by Crippen LogP contribution is 2.46. The van der Waals surface area contributed by atoms with Crippen LogP contribution in [0.25, 0.3) is 0 Å². The third-order valence-electron chi connectivity index (χ3n) is 5.60. The first-order valence-electron chi connectivity index (χ1n) is 8.89. The SMILES string of the molecule is CC1=CCC(=NC(Cl)c2ccc3c(c2)C(C)(C)CCC3(C)C)C=C1. The highest BCUT2D eigenvalue weighted by atomic mass is 35.5. The zero-order valence-corrected chi connectivity index (χ0v) is 16.2. The molecule has 0 N–H and O–H groups in total. The zero-order valence-electron chi connectivity index (χ0n) is 15.5. The van der Waals surface area contributed by atoms with Crippen molar-refractivity contribution in [3.63, 3.8) is 0 Å². The number of hydrogen-bond donors (Lipinski definition) is 0.